The second kappa shape index (κ2) is 8.29. The summed E-state index contributed by atoms with van der Waals surface area (Å²) in [5, 5.41) is -2.17. The molecule has 0 bridgehead atoms. The molecule has 0 fully saturated rings. The van der Waals surface area contributed by atoms with Crippen LogP contribution in [-0.2, 0) is 16.3 Å². The van der Waals surface area contributed by atoms with Crippen molar-refractivity contribution >= 4 is 20.4 Å². The van der Waals surface area contributed by atoms with Crippen LogP contribution in [0.1, 0.15) is 21.9 Å². The van der Waals surface area contributed by atoms with Crippen molar-refractivity contribution in [1.82, 2.24) is 0 Å². The standard InChI is InChI=1S/C23H25NO5S2/c1-29-19-12-6-5-8-16(19)14-17-9-7-13-20-22(17)23(21(15-24)31(20,27)28)30(25,26)18-10-3-2-4-11-18/h2-13,21,23,27-28H,14-15,24H2,1H3. The zero-order valence-corrected chi connectivity index (χ0v) is 18.6. The van der Waals surface area contributed by atoms with Crippen molar-refractivity contribution in [3.05, 3.63) is 89.5 Å². The van der Waals surface area contributed by atoms with Crippen LogP contribution in [0.2, 0.25) is 0 Å². The van der Waals surface area contributed by atoms with Crippen molar-refractivity contribution in [3.63, 3.8) is 0 Å². The lowest BCUT2D eigenvalue weighted by atomic mass is 9.96. The summed E-state index contributed by atoms with van der Waals surface area (Å²) in [6.45, 7) is -0.165. The van der Waals surface area contributed by atoms with Crippen LogP contribution < -0.4 is 10.5 Å². The van der Waals surface area contributed by atoms with Crippen molar-refractivity contribution in [1.29, 1.82) is 0 Å². The first kappa shape index (κ1) is 21.9. The van der Waals surface area contributed by atoms with Gasteiger partial charge in [0.15, 0.2) is 9.84 Å². The number of ether oxygens (including phenoxy) is 1. The smallest absolute Gasteiger partial charge is 0.187 e. The molecule has 1 aliphatic heterocycles. The molecule has 4 N–H and O–H groups in total. The van der Waals surface area contributed by atoms with Gasteiger partial charge in [-0.05, 0) is 41.0 Å². The first-order chi connectivity index (χ1) is 14.8. The van der Waals surface area contributed by atoms with Crippen LogP contribution in [-0.4, -0.2) is 36.4 Å². The molecule has 6 nitrogen and oxygen atoms in total. The minimum atomic E-state index is -3.93. The highest BCUT2D eigenvalue weighted by Crippen LogP contribution is 2.66. The fraction of sp³-hybridized carbons (Fsp3) is 0.217. The molecule has 0 aliphatic carbocycles. The van der Waals surface area contributed by atoms with Crippen LogP contribution in [0.4, 0.5) is 0 Å². The number of fused-ring (bicyclic) bond motifs is 1. The predicted octanol–water partition coefficient (Wildman–Crippen LogP) is 4.25. The maximum atomic E-state index is 13.7. The molecule has 1 heterocycles. The monoisotopic (exact) mass is 459 g/mol. The van der Waals surface area contributed by atoms with E-state index < -0.39 is 30.9 Å². The van der Waals surface area contributed by atoms with Gasteiger partial charge in [-0.2, -0.15) is 10.6 Å². The Hall–Kier alpha value is -2.36. The number of hydrogen-bond donors (Lipinski definition) is 3. The summed E-state index contributed by atoms with van der Waals surface area (Å²) in [7, 11) is -5.75. The minimum absolute atomic E-state index is 0.133. The molecule has 1 aliphatic rings. The highest BCUT2D eigenvalue weighted by atomic mass is 32.3. The second-order valence-corrected chi connectivity index (χ2v) is 11.8. The Labute approximate surface area is 184 Å². The number of para-hydroxylation sites is 1. The van der Waals surface area contributed by atoms with E-state index in [1.54, 1.807) is 37.4 Å². The number of methoxy groups -OCH3 is 1. The average Bonchev–Trinajstić information content (AvgIpc) is 3.02. The molecule has 0 aromatic heterocycles. The summed E-state index contributed by atoms with van der Waals surface area (Å²) < 4.78 is 54.9. The molecule has 4 rings (SSSR count). The predicted molar refractivity (Wildman–Crippen MR) is 123 cm³/mol. The molecule has 164 valence electrons. The summed E-state index contributed by atoms with van der Waals surface area (Å²) in [5.74, 6) is 0.683. The van der Waals surface area contributed by atoms with Crippen LogP contribution in [0.3, 0.4) is 0 Å². The summed E-state index contributed by atoms with van der Waals surface area (Å²) in [6.07, 6.45) is 0.390. The lowest BCUT2D eigenvalue weighted by Gasteiger charge is -2.35. The lowest BCUT2D eigenvalue weighted by Crippen LogP contribution is -2.32. The molecule has 8 heteroatoms. The largest absolute Gasteiger partial charge is 0.496 e. The second-order valence-electron chi connectivity index (χ2n) is 7.46. The summed E-state index contributed by atoms with van der Waals surface area (Å²) in [4.78, 5) is 0.397. The van der Waals surface area contributed by atoms with Gasteiger partial charge >= 0.3 is 0 Å². The van der Waals surface area contributed by atoms with Crippen molar-refractivity contribution in [2.75, 3.05) is 13.7 Å². The molecular weight excluding hydrogens is 434 g/mol. The molecular formula is C23H25NO5S2. The lowest BCUT2D eigenvalue weighted by molar-refractivity contribution is 0.410. The first-order valence-electron chi connectivity index (χ1n) is 9.82. The van der Waals surface area contributed by atoms with E-state index >= 15 is 0 Å². The SMILES string of the molecule is COc1ccccc1Cc1cccc2c1C(S(=O)(=O)c1ccccc1)C(CN)S2(O)O. The Morgan fingerprint density at radius 2 is 1.58 bits per heavy atom. The Morgan fingerprint density at radius 1 is 0.935 bits per heavy atom. The van der Waals surface area contributed by atoms with Crippen LogP contribution in [0.15, 0.2) is 82.6 Å². The van der Waals surface area contributed by atoms with Gasteiger partial charge in [0.2, 0.25) is 0 Å². The Bertz CT molecular complexity index is 1200. The molecule has 0 saturated heterocycles. The highest BCUT2D eigenvalue weighted by molar-refractivity contribution is 8.25. The van der Waals surface area contributed by atoms with Gasteiger partial charge in [-0.1, -0.05) is 48.5 Å². The first-order valence-corrected chi connectivity index (χ1v) is 13.0. The Morgan fingerprint density at radius 3 is 2.26 bits per heavy atom. The van der Waals surface area contributed by atoms with E-state index in [-0.39, 0.29) is 16.3 Å². The third kappa shape index (κ3) is 3.64. The van der Waals surface area contributed by atoms with Gasteiger partial charge in [0.05, 0.1) is 22.2 Å². The Balaban J connectivity index is 1.92. The number of sulfone groups is 1. The highest BCUT2D eigenvalue weighted by Gasteiger charge is 2.51. The van der Waals surface area contributed by atoms with Gasteiger partial charge in [0.1, 0.15) is 11.0 Å². The molecule has 0 radical (unpaired) electrons. The van der Waals surface area contributed by atoms with Crippen molar-refractivity contribution < 1.29 is 22.3 Å². The van der Waals surface area contributed by atoms with E-state index in [1.807, 2.05) is 30.3 Å². The van der Waals surface area contributed by atoms with E-state index in [2.05, 4.69) is 0 Å². The zero-order chi connectivity index (χ0) is 22.2. The van der Waals surface area contributed by atoms with Crippen LogP contribution in [0.25, 0.3) is 0 Å². The maximum absolute atomic E-state index is 13.7. The van der Waals surface area contributed by atoms with Gasteiger partial charge in [-0.3, -0.25) is 9.11 Å². The number of benzene rings is 3. The van der Waals surface area contributed by atoms with E-state index in [1.165, 1.54) is 12.1 Å². The van der Waals surface area contributed by atoms with Gasteiger partial charge in [-0.25, -0.2) is 8.42 Å². The van der Waals surface area contributed by atoms with Crippen molar-refractivity contribution in [3.8, 4) is 5.75 Å². The van der Waals surface area contributed by atoms with E-state index in [0.717, 1.165) is 5.56 Å². The van der Waals surface area contributed by atoms with Crippen molar-refractivity contribution in [2.45, 2.75) is 26.7 Å². The van der Waals surface area contributed by atoms with Crippen LogP contribution in [0, 0.1) is 0 Å². The van der Waals surface area contributed by atoms with Crippen LogP contribution >= 0.6 is 10.6 Å². The van der Waals surface area contributed by atoms with E-state index in [9.17, 15) is 17.5 Å². The van der Waals surface area contributed by atoms with E-state index in [4.69, 9.17) is 10.5 Å². The fourth-order valence-corrected chi connectivity index (χ4v) is 9.12. The fourth-order valence-electron chi connectivity index (χ4n) is 4.27. The van der Waals surface area contributed by atoms with Crippen LogP contribution in [0.5, 0.6) is 5.75 Å². The van der Waals surface area contributed by atoms with Gasteiger partial charge in [-0.15, -0.1) is 0 Å². The summed E-state index contributed by atoms with van der Waals surface area (Å²) in [5.41, 5.74) is 7.94. The van der Waals surface area contributed by atoms with Gasteiger partial charge in [0, 0.05) is 13.0 Å². The molecule has 3 aromatic carbocycles. The zero-order valence-electron chi connectivity index (χ0n) is 17.0. The molecule has 3 aromatic rings. The topological polar surface area (TPSA) is 110 Å². The third-order valence-corrected chi connectivity index (χ3v) is 10.4. The molecule has 2 atom stereocenters. The molecule has 2 unspecified atom stereocenters. The number of nitrogens with two attached hydrogens (primary N) is 1. The molecule has 0 amide bonds. The third-order valence-electron chi connectivity index (χ3n) is 5.74. The summed E-state index contributed by atoms with van der Waals surface area (Å²) >= 11 is 0. The molecule has 31 heavy (non-hydrogen) atoms. The van der Waals surface area contributed by atoms with E-state index in [0.29, 0.717) is 23.3 Å². The molecule has 0 saturated carbocycles. The summed E-state index contributed by atoms with van der Waals surface area (Å²) in [6, 6.07) is 20.7. The normalized spacial score (nSPS) is 20.8. The van der Waals surface area contributed by atoms with Crippen molar-refractivity contribution in [2.24, 2.45) is 5.73 Å². The quantitative estimate of drug-likeness (QED) is 0.508. The number of rotatable bonds is 6. The Kier molecular flexibility index (Phi) is 5.85. The number of hydrogen-bond acceptors (Lipinski definition) is 6. The van der Waals surface area contributed by atoms with Gasteiger partial charge in [0.25, 0.3) is 0 Å². The maximum Gasteiger partial charge on any atom is 0.187 e. The van der Waals surface area contributed by atoms with Gasteiger partial charge < -0.3 is 10.5 Å². The minimum Gasteiger partial charge on any atom is -0.496 e. The average molecular weight is 460 g/mol. The molecule has 0 spiro atoms.